The minimum atomic E-state index is -0.346. The highest BCUT2D eigenvalue weighted by Gasteiger charge is 2.38. The number of carbonyl (C=O) groups excluding carboxylic acids is 2. The number of carbonyl (C=O) groups is 2. The van der Waals surface area contributed by atoms with Crippen molar-refractivity contribution in [1.29, 1.82) is 0 Å². The van der Waals surface area contributed by atoms with Crippen molar-refractivity contribution in [3.05, 3.63) is 35.6 Å². The zero-order valence-corrected chi connectivity index (χ0v) is 14.6. The van der Waals surface area contributed by atoms with E-state index in [0.717, 1.165) is 18.4 Å². The molecular formula is C19H25FN2O3. The third-order valence-electron chi connectivity index (χ3n) is 5.02. The molecule has 0 aromatic heterocycles. The van der Waals surface area contributed by atoms with E-state index in [-0.39, 0.29) is 29.6 Å². The molecule has 1 unspecified atom stereocenters. The molecule has 2 aliphatic rings. The normalized spacial score (nSPS) is 22.1. The summed E-state index contributed by atoms with van der Waals surface area (Å²) in [5.74, 6) is -0.460. The van der Waals surface area contributed by atoms with Gasteiger partial charge >= 0.3 is 0 Å². The van der Waals surface area contributed by atoms with Crippen molar-refractivity contribution < 1.29 is 18.7 Å². The predicted molar refractivity (Wildman–Crippen MR) is 91.4 cm³/mol. The topological polar surface area (TPSA) is 49.9 Å². The molecule has 0 saturated carbocycles. The molecule has 5 nitrogen and oxygen atoms in total. The minimum absolute atomic E-state index is 0.00781. The molecule has 3 rings (SSSR count). The van der Waals surface area contributed by atoms with Crippen LogP contribution in [0.15, 0.2) is 24.3 Å². The Morgan fingerprint density at radius 1 is 1.20 bits per heavy atom. The van der Waals surface area contributed by atoms with E-state index in [1.54, 1.807) is 17.0 Å². The molecule has 2 saturated heterocycles. The first-order chi connectivity index (χ1) is 12.1. The van der Waals surface area contributed by atoms with Crippen molar-refractivity contribution in [2.24, 2.45) is 5.92 Å². The van der Waals surface area contributed by atoms with Crippen LogP contribution in [0.5, 0.6) is 0 Å². The monoisotopic (exact) mass is 348 g/mol. The van der Waals surface area contributed by atoms with Crippen LogP contribution in [0.25, 0.3) is 0 Å². The highest BCUT2D eigenvalue weighted by molar-refractivity contribution is 5.89. The Labute approximate surface area is 147 Å². The second-order valence-corrected chi connectivity index (χ2v) is 6.86. The molecule has 0 radical (unpaired) electrons. The van der Waals surface area contributed by atoms with Gasteiger partial charge in [0.05, 0.1) is 13.2 Å². The Kier molecular flexibility index (Phi) is 5.68. The Hall–Kier alpha value is -1.95. The molecule has 2 aliphatic heterocycles. The van der Waals surface area contributed by atoms with Crippen LogP contribution >= 0.6 is 0 Å². The van der Waals surface area contributed by atoms with Gasteiger partial charge < -0.3 is 14.5 Å². The van der Waals surface area contributed by atoms with E-state index in [0.29, 0.717) is 39.3 Å². The van der Waals surface area contributed by atoms with Crippen molar-refractivity contribution in [1.82, 2.24) is 9.80 Å². The molecule has 2 atom stereocenters. The smallest absolute Gasteiger partial charge is 0.245 e. The number of likely N-dealkylation sites (tertiary alicyclic amines) is 1. The fourth-order valence-corrected chi connectivity index (χ4v) is 3.63. The molecule has 0 aliphatic carbocycles. The lowest BCUT2D eigenvalue weighted by Gasteiger charge is -2.33. The van der Waals surface area contributed by atoms with E-state index in [2.05, 4.69) is 0 Å². The summed E-state index contributed by atoms with van der Waals surface area (Å²) < 4.78 is 18.3. The van der Waals surface area contributed by atoms with Crippen LogP contribution < -0.4 is 0 Å². The SMILES string of the molecule is CC(Cc1ccc(F)cc1)C(=O)N1CCC[C@H]1C(=O)N1CCOCC1. The fraction of sp³-hybridized carbons (Fsp3) is 0.579. The summed E-state index contributed by atoms with van der Waals surface area (Å²) in [7, 11) is 0. The summed E-state index contributed by atoms with van der Waals surface area (Å²) in [6.45, 7) is 4.83. The highest BCUT2D eigenvalue weighted by atomic mass is 19.1. The van der Waals surface area contributed by atoms with E-state index in [9.17, 15) is 14.0 Å². The second kappa shape index (κ2) is 7.95. The molecular weight excluding hydrogens is 323 g/mol. The molecule has 0 N–H and O–H groups in total. The quantitative estimate of drug-likeness (QED) is 0.834. The third-order valence-corrected chi connectivity index (χ3v) is 5.02. The van der Waals surface area contributed by atoms with Gasteiger partial charge in [-0.05, 0) is 37.0 Å². The van der Waals surface area contributed by atoms with E-state index in [1.807, 2.05) is 11.8 Å². The number of amides is 2. The van der Waals surface area contributed by atoms with Gasteiger partial charge in [-0.3, -0.25) is 9.59 Å². The number of nitrogens with zero attached hydrogens (tertiary/aromatic N) is 2. The Morgan fingerprint density at radius 3 is 2.56 bits per heavy atom. The molecule has 0 bridgehead atoms. The van der Waals surface area contributed by atoms with Gasteiger partial charge in [-0.2, -0.15) is 0 Å². The molecule has 136 valence electrons. The summed E-state index contributed by atoms with van der Waals surface area (Å²) in [5.41, 5.74) is 0.928. The summed E-state index contributed by atoms with van der Waals surface area (Å²) in [4.78, 5) is 29.2. The lowest BCUT2D eigenvalue weighted by molar-refractivity contribution is -0.148. The van der Waals surface area contributed by atoms with E-state index < -0.39 is 0 Å². The van der Waals surface area contributed by atoms with Gasteiger partial charge in [0.15, 0.2) is 0 Å². The van der Waals surface area contributed by atoms with Crippen molar-refractivity contribution in [2.45, 2.75) is 32.2 Å². The summed E-state index contributed by atoms with van der Waals surface area (Å²) >= 11 is 0. The Balaban J connectivity index is 1.63. The first-order valence-corrected chi connectivity index (χ1v) is 8.97. The van der Waals surface area contributed by atoms with Crippen LogP contribution in [0.4, 0.5) is 4.39 Å². The average Bonchev–Trinajstić information content (AvgIpc) is 3.12. The predicted octanol–water partition coefficient (Wildman–Crippen LogP) is 1.85. The maximum atomic E-state index is 13.0. The lowest BCUT2D eigenvalue weighted by atomic mass is 9.99. The summed E-state index contributed by atoms with van der Waals surface area (Å²) in [5, 5.41) is 0. The van der Waals surface area contributed by atoms with Crippen LogP contribution in [0.2, 0.25) is 0 Å². The molecule has 25 heavy (non-hydrogen) atoms. The standard InChI is InChI=1S/C19H25FN2O3/c1-14(13-15-4-6-16(20)7-5-15)18(23)22-8-2-3-17(22)19(24)21-9-11-25-12-10-21/h4-7,14,17H,2-3,8-13H2,1H3/t14?,17-/m0/s1. The minimum Gasteiger partial charge on any atom is -0.378 e. The van der Waals surface area contributed by atoms with E-state index in [4.69, 9.17) is 4.74 Å². The van der Waals surface area contributed by atoms with Crippen molar-refractivity contribution in [3.63, 3.8) is 0 Å². The van der Waals surface area contributed by atoms with Gasteiger partial charge in [0.25, 0.3) is 0 Å². The van der Waals surface area contributed by atoms with Gasteiger partial charge in [-0.1, -0.05) is 19.1 Å². The van der Waals surface area contributed by atoms with Gasteiger partial charge in [0, 0.05) is 25.6 Å². The number of benzene rings is 1. The number of hydrogen-bond donors (Lipinski definition) is 0. The van der Waals surface area contributed by atoms with Crippen molar-refractivity contribution in [3.8, 4) is 0 Å². The number of rotatable bonds is 4. The fourth-order valence-electron chi connectivity index (χ4n) is 3.63. The van der Waals surface area contributed by atoms with Crippen LogP contribution in [0.3, 0.4) is 0 Å². The molecule has 1 aromatic rings. The van der Waals surface area contributed by atoms with Crippen molar-refractivity contribution >= 4 is 11.8 Å². The summed E-state index contributed by atoms with van der Waals surface area (Å²) in [6.07, 6.45) is 2.13. The highest BCUT2D eigenvalue weighted by Crippen LogP contribution is 2.23. The average molecular weight is 348 g/mol. The molecule has 6 heteroatoms. The van der Waals surface area contributed by atoms with Crippen LogP contribution in [-0.4, -0.2) is 60.5 Å². The first kappa shape index (κ1) is 17.9. The number of halogens is 1. The van der Waals surface area contributed by atoms with Crippen molar-refractivity contribution in [2.75, 3.05) is 32.8 Å². The Morgan fingerprint density at radius 2 is 1.88 bits per heavy atom. The zero-order chi connectivity index (χ0) is 17.8. The number of morpholine rings is 1. The maximum Gasteiger partial charge on any atom is 0.245 e. The molecule has 2 fully saturated rings. The third kappa shape index (κ3) is 4.18. The second-order valence-electron chi connectivity index (χ2n) is 6.86. The number of hydrogen-bond acceptors (Lipinski definition) is 3. The van der Waals surface area contributed by atoms with Gasteiger partial charge in [0.2, 0.25) is 11.8 Å². The molecule has 1 aromatic carbocycles. The molecule has 0 spiro atoms. The molecule has 2 heterocycles. The van der Waals surface area contributed by atoms with Gasteiger partial charge in [0.1, 0.15) is 11.9 Å². The first-order valence-electron chi connectivity index (χ1n) is 8.97. The molecule has 2 amide bonds. The van der Waals surface area contributed by atoms with E-state index in [1.165, 1.54) is 12.1 Å². The van der Waals surface area contributed by atoms with E-state index >= 15 is 0 Å². The lowest BCUT2D eigenvalue weighted by Crippen LogP contribution is -2.52. The zero-order valence-electron chi connectivity index (χ0n) is 14.6. The number of ether oxygens (including phenoxy) is 1. The summed E-state index contributed by atoms with van der Waals surface area (Å²) in [6, 6.07) is 5.89. The maximum absolute atomic E-state index is 13.0. The van der Waals surface area contributed by atoms with Gasteiger partial charge in [-0.15, -0.1) is 0 Å². The van der Waals surface area contributed by atoms with Gasteiger partial charge in [-0.25, -0.2) is 4.39 Å². The Bertz CT molecular complexity index is 614. The largest absolute Gasteiger partial charge is 0.378 e. The van der Waals surface area contributed by atoms with Crippen LogP contribution in [-0.2, 0) is 20.7 Å². The van der Waals surface area contributed by atoms with Crippen LogP contribution in [0, 0.1) is 11.7 Å². The van der Waals surface area contributed by atoms with Crippen LogP contribution in [0.1, 0.15) is 25.3 Å².